The van der Waals surface area contributed by atoms with Crippen molar-refractivity contribution >= 4 is 27.9 Å². The van der Waals surface area contributed by atoms with Crippen molar-refractivity contribution in [3.63, 3.8) is 0 Å². The summed E-state index contributed by atoms with van der Waals surface area (Å²) >= 11 is 3.20. The maximum atomic E-state index is 11.3. The van der Waals surface area contributed by atoms with Crippen LogP contribution in [0, 0.1) is 0 Å². The first-order valence-electron chi connectivity index (χ1n) is 3.91. The Balaban J connectivity index is 2.78. The van der Waals surface area contributed by atoms with Crippen molar-refractivity contribution in [1.29, 1.82) is 0 Å². The van der Waals surface area contributed by atoms with Crippen LogP contribution in [0.4, 0.5) is 4.79 Å². The predicted octanol–water partition coefficient (Wildman–Crippen LogP) is 0.342. The molecule has 1 aliphatic rings. The van der Waals surface area contributed by atoms with Gasteiger partial charge >= 0.3 is 6.03 Å². The summed E-state index contributed by atoms with van der Waals surface area (Å²) in [4.78, 5) is 22.2. The highest BCUT2D eigenvalue weighted by molar-refractivity contribution is 9.10. The van der Waals surface area contributed by atoms with E-state index in [1.807, 2.05) is 0 Å². The second-order valence-corrected chi connectivity index (χ2v) is 4.49. The molecular formula is C7H11BrN2O3. The van der Waals surface area contributed by atoms with Crippen LogP contribution < -0.4 is 10.6 Å². The second kappa shape index (κ2) is 3.63. The first kappa shape index (κ1) is 10.5. The third-order valence-electron chi connectivity index (χ3n) is 1.76. The number of hydrogen-bond donors (Lipinski definition) is 2. The van der Waals surface area contributed by atoms with Crippen molar-refractivity contribution in [3.05, 3.63) is 0 Å². The summed E-state index contributed by atoms with van der Waals surface area (Å²) in [7, 11) is 0. The first-order valence-corrected chi connectivity index (χ1v) is 4.70. The zero-order valence-corrected chi connectivity index (χ0v) is 8.97. The SMILES string of the molecule is CCO[C@@H]1NC(=O)NC(=O)[C@@]1(C)Br. The molecule has 1 rings (SSSR count). The monoisotopic (exact) mass is 250 g/mol. The smallest absolute Gasteiger partial charge is 0.323 e. The fourth-order valence-electron chi connectivity index (χ4n) is 1.000. The zero-order valence-electron chi connectivity index (χ0n) is 7.39. The number of halogens is 1. The van der Waals surface area contributed by atoms with E-state index in [1.54, 1.807) is 13.8 Å². The Morgan fingerprint density at radius 1 is 1.62 bits per heavy atom. The summed E-state index contributed by atoms with van der Waals surface area (Å²) < 4.78 is 4.29. The molecule has 2 N–H and O–H groups in total. The molecular weight excluding hydrogens is 240 g/mol. The van der Waals surface area contributed by atoms with Gasteiger partial charge in [-0.25, -0.2) is 4.79 Å². The van der Waals surface area contributed by atoms with Crippen LogP contribution in [0.3, 0.4) is 0 Å². The summed E-state index contributed by atoms with van der Waals surface area (Å²) in [5.74, 6) is -0.394. The number of carbonyl (C=O) groups is 2. The van der Waals surface area contributed by atoms with Gasteiger partial charge < -0.3 is 10.1 Å². The van der Waals surface area contributed by atoms with Crippen LogP contribution in [-0.4, -0.2) is 29.1 Å². The summed E-state index contributed by atoms with van der Waals surface area (Å²) in [5.41, 5.74) is 0. The fourth-order valence-corrected chi connectivity index (χ4v) is 1.35. The van der Waals surface area contributed by atoms with Crippen molar-refractivity contribution in [1.82, 2.24) is 10.6 Å². The first-order chi connectivity index (χ1) is 5.98. The topological polar surface area (TPSA) is 67.4 Å². The average molecular weight is 251 g/mol. The maximum absolute atomic E-state index is 11.3. The molecule has 5 nitrogen and oxygen atoms in total. The molecule has 1 aliphatic heterocycles. The van der Waals surface area contributed by atoms with Gasteiger partial charge in [-0.1, -0.05) is 15.9 Å². The molecule has 0 saturated carbocycles. The Labute approximate surface area is 84.3 Å². The van der Waals surface area contributed by atoms with Gasteiger partial charge in [-0.2, -0.15) is 0 Å². The lowest BCUT2D eigenvalue weighted by molar-refractivity contribution is -0.128. The number of imide groups is 1. The van der Waals surface area contributed by atoms with Crippen LogP contribution in [0.15, 0.2) is 0 Å². The second-order valence-electron chi connectivity index (χ2n) is 2.84. The van der Waals surface area contributed by atoms with Gasteiger partial charge in [0.15, 0.2) is 6.23 Å². The van der Waals surface area contributed by atoms with Gasteiger partial charge in [0.2, 0.25) is 5.91 Å². The number of alkyl halides is 1. The minimum absolute atomic E-state index is 0.394. The lowest BCUT2D eigenvalue weighted by atomic mass is 10.1. The number of amides is 3. The van der Waals surface area contributed by atoms with Crippen molar-refractivity contribution < 1.29 is 14.3 Å². The van der Waals surface area contributed by atoms with Crippen molar-refractivity contribution in [2.24, 2.45) is 0 Å². The average Bonchev–Trinajstić information content (AvgIpc) is 2.01. The van der Waals surface area contributed by atoms with E-state index in [4.69, 9.17) is 4.74 Å². The number of rotatable bonds is 2. The molecule has 0 aromatic carbocycles. The van der Waals surface area contributed by atoms with Crippen LogP contribution in [0.2, 0.25) is 0 Å². The number of hydrogen-bond acceptors (Lipinski definition) is 3. The van der Waals surface area contributed by atoms with Gasteiger partial charge in [0, 0.05) is 6.61 Å². The molecule has 1 heterocycles. The Morgan fingerprint density at radius 2 is 2.23 bits per heavy atom. The largest absolute Gasteiger partial charge is 0.357 e. The lowest BCUT2D eigenvalue weighted by Crippen LogP contribution is -2.65. The Bertz CT molecular complexity index is 242. The number of ether oxygens (including phenoxy) is 1. The van der Waals surface area contributed by atoms with E-state index in [1.165, 1.54) is 0 Å². The van der Waals surface area contributed by atoms with E-state index in [0.717, 1.165) is 0 Å². The third kappa shape index (κ3) is 2.00. The van der Waals surface area contributed by atoms with E-state index >= 15 is 0 Å². The van der Waals surface area contributed by atoms with E-state index in [0.29, 0.717) is 6.61 Å². The number of nitrogens with one attached hydrogen (secondary N) is 2. The molecule has 0 aromatic heterocycles. The van der Waals surface area contributed by atoms with E-state index in [-0.39, 0.29) is 0 Å². The quantitative estimate of drug-likeness (QED) is 0.695. The molecule has 6 heteroatoms. The predicted molar refractivity (Wildman–Crippen MR) is 49.4 cm³/mol. The van der Waals surface area contributed by atoms with Crippen LogP contribution in [0.5, 0.6) is 0 Å². The summed E-state index contributed by atoms with van der Waals surface area (Å²) in [6, 6.07) is -0.527. The molecule has 0 spiro atoms. The molecule has 0 aromatic rings. The standard InChI is InChI=1S/C7H11BrN2O3/c1-3-13-5-7(2,8)4(11)9-6(12)10-5/h5H,3H2,1-2H3,(H2,9,10,11,12)/t5-,7+/m0/s1. The van der Waals surface area contributed by atoms with Crippen molar-refractivity contribution in [3.8, 4) is 0 Å². The van der Waals surface area contributed by atoms with Gasteiger partial charge in [-0.3, -0.25) is 10.1 Å². The van der Waals surface area contributed by atoms with Crippen LogP contribution in [0.25, 0.3) is 0 Å². The van der Waals surface area contributed by atoms with Crippen molar-refractivity contribution in [2.45, 2.75) is 24.4 Å². The summed E-state index contributed by atoms with van der Waals surface area (Å²) in [6.45, 7) is 3.86. The van der Waals surface area contributed by atoms with E-state index in [9.17, 15) is 9.59 Å². The molecule has 0 aliphatic carbocycles. The minimum Gasteiger partial charge on any atom is -0.357 e. The fraction of sp³-hybridized carbons (Fsp3) is 0.714. The molecule has 2 atom stereocenters. The molecule has 74 valence electrons. The van der Waals surface area contributed by atoms with Gasteiger partial charge in [0.1, 0.15) is 4.32 Å². The summed E-state index contributed by atoms with van der Waals surface area (Å²) in [6.07, 6.45) is -0.626. The van der Waals surface area contributed by atoms with Crippen molar-refractivity contribution in [2.75, 3.05) is 6.61 Å². The molecule has 1 saturated heterocycles. The van der Waals surface area contributed by atoms with Gasteiger partial charge in [-0.05, 0) is 13.8 Å². The molecule has 0 bridgehead atoms. The number of urea groups is 1. The van der Waals surface area contributed by atoms with Crippen LogP contribution in [0.1, 0.15) is 13.8 Å². The Hall–Kier alpha value is -0.620. The van der Waals surface area contributed by atoms with Gasteiger partial charge in [-0.15, -0.1) is 0 Å². The maximum Gasteiger partial charge on any atom is 0.323 e. The Morgan fingerprint density at radius 3 is 2.77 bits per heavy atom. The molecule has 0 radical (unpaired) electrons. The summed E-state index contributed by atoms with van der Waals surface area (Å²) in [5, 5.41) is 4.64. The number of carbonyl (C=O) groups excluding carboxylic acids is 2. The van der Waals surface area contributed by atoms with Crippen LogP contribution in [-0.2, 0) is 9.53 Å². The van der Waals surface area contributed by atoms with Gasteiger partial charge in [0.25, 0.3) is 0 Å². The molecule has 13 heavy (non-hydrogen) atoms. The third-order valence-corrected chi connectivity index (χ3v) is 2.53. The molecule has 1 fully saturated rings. The zero-order chi connectivity index (χ0) is 10.1. The Kier molecular flexibility index (Phi) is 2.92. The van der Waals surface area contributed by atoms with E-state index < -0.39 is 22.5 Å². The normalized spacial score (nSPS) is 33.9. The molecule has 3 amide bonds. The highest BCUT2D eigenvalue weighted by atomic mass is 79.9. The minimum atomic E-state index is -0.906. The van der Waals surface area contributed by atoms with Gasteiger partial charge in [0.05, 0.1) is 0 Å². The van der Waals surface area contributed by atoms with E-state index in [2.05, 4.69) is 26.6 Å². The highest BCUT2D eigenvalue weighted by Gasteiger charge is 2.45. The highest BCUT2D eigenvalue weighted by Crippen LogP contribution is 2.25. The lowest BCUT2D eigenvalue weighted by Gasteiger charge is -2.35. The molecule has 0 unspecified atom stereocenters. The van der Waals surface area contributed by atoms with Crippen LogP contribution >= 0.6 is 15.9 Å².